The van der Waals surface area contributed by atoms with Gasteiger partial charge in [-0.1, -0.05) is 19.9 Å². The van der Waals surface area contributed by atoms with Crippen molar-refractivity contribution >= 4 is 38.8 Å². The lowest BCUT2D eigenvalue weighted by atomic mass is 9.68. The molecule has 8 N–H and O–H groups in total. The number of anilines is 1. The fourth-order valence-electron chi connectivity index (χ4n) is 4.40. The summed E-state index contributed by atoms with van der Waals surface area (Å²) in [5.41, 5.74) is 19.9. The average molecular weight is 402 g/mol. The van der Waals surface area contributed by atoms with Crippen LogP contribution in [0.3, 0.4) is 0 Å². The van der Waals surface area contributed by atoms with Crippen molar-refractivity contribution in [2.45, 2.75) is 44.3 Å². The Morgan fingerprint density at radius 2 is 2.14 bits per heavy atom. The zero-order chi connectivity index (χ0) is 20.2. The molecule has 2 heterocycles. The number of Topliss-reactive ketones (excluding diaryl/α,β-unsaturated/α-hetero) is 1. The van der Waals surface area contributed by atoms with Crippen LogP contribution in [0.2, 0.25) is 0 Å². The molecule has 2 aliphatic rings. The van der Waals surface area contributed by atoms with Gasteiger partial charge in [0.2, 0.25) is 0 Å². The van der Waals surface area contributed by atoms with Crippen molar-refractivity contribution in [3.05, 3.63) is 28.1 Å². The minimum absolute atomic E-state index is 0.0651. The van der Waals surface area contributed by atoms with E-state index in [-0.39, 0.29) is 23.7 Å². The molecule has 1 aliphatic carbocycles. The van der Waals surface area contributed by atoms with Gasteiger partial charge in [0.05, 0.1) is 15.6 Å². The molecular formula is C20H27N5O2S. The van der Waals surface area contributed by atoms with Gasteiger partial charge in [-0.05, 0) is 36.9 Å². The number of hydrogen-bond donors (Lipinski definition) is 5. The average Bonchev–Trinajstić information content (AvgIpc) is 3.08. The summed E-state index contributed by atoms with van der Waals surface area (Å²) in [6.45, 7) is 5.53. The van der Waals surface area contributed by atoms with Crippen molar-refractivity contribution in [1.82, 2.24) is 10.6 Å². The predicted molar refractivity (Wildman–Crippen MR) is 112 cm³/mol. The topological polar surface area (TPSA) is 136 Å². The van der Waals surface area contributed by atoms with Crippen molar-refractivity contribution in [3.63, 3.8) is 0 Å². The van der Waals surface area contributed by atoms with Gasteiger partial charge in [-0.15, -0.1) is 11.3 Å². The third kappa shape index (κ3) is 2.67. The fraction of sp³-hybridized carbons (Fsp3) is 0.500. The SMILES string of the molecule is CC(C)C1(N)C(=O)C(N)c2c(C(=O)NC3CCCNC3)sc3c(N)ccc1c23. The minimum atomic E-state index is -1.19. The largest absolute Gasteiger partial charge is 0.398 e. The molecule has 0 spiro atoms. The molecule has 1 saturated heterocycles. The summed E-state index contributed by atoms with van der Waals surface area (Å²) in [4.78, 5) is 26.8. The van der Waals surface area contributed by atoms with Crippen LogP contribution in [-0.4, -0.2) is 30.8 Å². The van der Waals surface area contributed by atoms with Crippen LogP contribution in [0, 0.1) is 5.92 Å². The molecule has 0 radical (unpaired) electrons. The van der Waals surface area contributed by atoms with Crippen LogP contribution >= 0.6 is 11.3 Å². The Balaban J connectivity index is 1.88. The lowest BCUT2D eigenvalue weighted by Crippen LogP contribution is -2.55. The lowest BCUT2D eigenvalue weighted by molar-refractivity contribution is -0.127. The number of nitrogens with two attached hydrogens (primary N) is 3. The number of amides is 1. The number of piperidine rings is 1. The number of nitrogens with one attached hydrogen (secondary N) is 2. The monoisotopic (exact) mass is 401 g/mol. The quantitative estimate of drug-likeness (QED) is 0.493. The fourth-order valence-corrected chi connectivity index (χ4v) is 5.60. The number of benzene rings is 1. The van der Waals surface area contributed by atoms with E-state index in [1.165, 1.54) is 11.3 Å². The number of carbonyl (C=O) groups excluding carboxylic acids is 2. The van der Waals surface area contributed by atoms with Gasteiger partial charge in [-0.3, -0.25) is 9.59 Å². The van der Waals surface area contributed by atoms with Gasteiger partial charge in [-0.25, -0.2) is 0 Å². The molecule has 0 saturated carbocycles. The normalized spacial score (nSPS) is 27.4. The van der Waals surface area contributed by atoms with E-state index in [9.17, 15) is 9.59 Å². The van der Waals surface area contributed by atoms with Crippen LogP contribution in [0.5, 0.6) is 0 Å². The molecule has 8 heteroatoms. The van der Waals surface area contributed by atoms with E-state index in [1.807, 2.05) is 19.9 Å². The van der Waals surface area contributed by atoms with E-state index in [0.717, 1.165) is 36.0 Å². The summed E-state index contributed by atoms with van der Waals surface area (Å²) in [7, 11) is 0. The van der Waals surface area contributed by atoms with Crippen LogP contribution in [-0.2, 0) is 10.3 Å². The van der Waals surface area contributed by atoms with Crippen LogP contribution < -0.4 is 27.8 Å². The van der Waals surface area contributed by atoms with Gasteiger partial charge >= 0.3 is 0 Å². The first-order chi connectivity index (χ1) is 13.3. The molecule has 1 aliphatic heterocycles. The number of nitrogen functional groups attached to an aromatic ring is 1. The van der Waals surface area contributed by atoms with E-state index < -0.39 is 11.6 Å². The number of carbonyl (C=O) groups is 2. The molecule has 1 amide bonds. The molecule has 28 heavy (non-hydrogen) atoms. The number of thiophene rings is 1. The smallest absolute Gasteiger partial charge is 0.262 e. The molecule has 7 nitrogen and oxygen atoms in total. The minimum Gasteiger partial charge on any atom is -0.398 e. The van der Waals surface area contributed by atoms with Gasteiger partial charge in [-0.2, -0.15) is 0 Å². The summed E-state index contributed by atoms with van der Waals surface area (Å²) >= 11 is 1.30. The molecule has 0 bridgehead atoms. The van der Waals surface area contributed by atoms with Crippen molar-refractivity contribution in [2.75, 3.05) is 18.8 Å². The second-order valence-corrected chi connectivity index (χ2v) is 9.15. The summed E-state index contributed by atoms with van der Waals surface area (Å²) in [5, 5.41) is 7.15. The van der Waals surface area contributed by atoms with Gasteiger partial charge < -0.3 is 27.8 Å². The maximum atomic E-state index is 13.2. The molecule has 1 aromatic carbocycles. The third-order valence-electron chi connectivity index (χ3n) is 6.10. The highest BCUT2D eigenvalue weighted by molar-refractivity contribution is 7.21. The van der Waals surface area contributed by atoms with E-state index in [4.69, 9.17) is 17.2 Å². The molecule has 150 valence electrons. The summed E-state index contributed by atoms with van der Waals surface area (Å²) < 4.78 is 0.776. The first-order valence-corrected chi connectivity index (χ1v) is 10.5. The highest BCUT2D eigenvalue weighted by Crippen LogP contribution is 2.49. The number of rotatable bonds is 3. The standard InChI is InChI=1S/C20H27N5O2S/c1-9(2)20(23)11-5-6-12(21)16-13(11)14(15(22)18(20)26)17(28-16)19(27)25-10-4-3-7-24-8-10/h5-6,9-10,15,24H,3-4,7-8,21-23H2,1-2H3,(H,25,27). The molecule has 1 fully saturated rings. The lowest BCUT2D eigenvalue weighted by Gasteiger charge is -2.39. The molecule has 2 aromatic rings. The van der Waals surface area contributed by atoms with E-state index in [0.29, 0.717) is 21.7 Å². The van der Waals surface area contributed by atoms with Crippen molar-refractivity contribution in [2.24, 2.45) is 17.4 Å². The Hall–Kier alpha value is -2.00. The molecular weight excluding hydrogens is 374 g/mol. The number of ketones is 1. The van der Waals surface area contributed by atoms with Crippen LogP contribution in [0.15, 0.2) is 12.1 Å². The Kier molecular flexibility index (Phi) is 4.70. The van der Waals surface area contributed by atoms with E-state index >= 15 is 0 Å². The first kappa shape index (κ1) is 19.3. The van der Waals surface area contributed by atoms with Gasteiger partial charge in [0, 0.05) is 29.2 Å². The van der Waals surface area contributed by atoms with Gasteiger partial charge in [0.1, 0.15) is 5.54 Å². The summed E-state index contributed by atoms with van der Waals surface area (Å²) in [6.07, 6.45) is 1.94. The highest BCUT2D eigenvalue weighted by Gasteiger charge is 2.49. The second kappa shape index (κ2) is 6.81. The van der Waals surface area contributed by atoms with Crippen LogP contribution in [0.4, 0.5) is 5.69 Å². The Bertz CT molecular complexity index is 963. The van der Waals surface area contributed by atoms with Crippen molar-refractivity contribution in [1.29, 1.82) is 0 Å². The maximum Gasteiger partial charge on any atom is 0.262 e. The molecule has 3 unspecified atom stereocenters. The Morgan fingerprint density at radius 3 is 2.79 bits per heavy atom. The van der Waals surface area contributed by atoms with E-state index in [2.05, 4.69) is 10.6 Å². The molecule has 1 aromatic heterocycles. The Morgan fingerprint density at radius 1 is 1.39 bits per heavy atom. The van der Waals surface area contributed by atoms with Gasteiger partial charge in [0.25, 0.3) is 5.91 Å². The van der Waals surface area contributed by atoms with Crippen LogP contribution in [0.1, 0.15) is 53.5 Å². The highest BCUT2D eigenvalue weighted by atomic mass is 32.1. The summed E-state index contributed by atoms with van der Waals surface area (Å²) in [5.74, 6) is -0.600. The zero-order valence-electron chi connectivity index (χ0n) is 16.2. The van der Waals surface area contributed by atoms with Crippen LogP contribution in [0.25, 0.3) is 10.1 Å². The maximum absolute atomic E-state index is 13.2. The van der Waals surface area contributed by atoms with Crippen molar-refractivity contribution in [3.8, 4) is 0 Å². The zero-order valence-corrected chi connectivity index (χ0v) is 17.0. The summed E-state index contributed by atoms with van der Waals surface area (Å²) in [6, 6.07) is 2.69. The molecule has 3 atom stereocenters. The third-order valence-corrected chi connectivity index (χ3v) is 7.36. The molecule has 4 rings (SSSR count). The number of hydrogen-bond acceptors (Lipinski definition) is 7. The van der Waals surface area contributed by atoms with E-state index in [1.54, 1.807) is 6.07 Å². The van der Waals surface area contributed by atoms with Crippen molar-refractivity contribution < 1.29 is 9.59 Å². The second-order valence-electron chi connectivity index (χ2n) is 8.13. The Labute approximate surface area is 168 Å². The van der Waals surface area contributed by atoms with Gasteiger partial charge in [0.15, 0.2) is 5.78 Å². The first-order valence-electron chi connectivity index (χ1n) is 9.72. The predicted octanol–water partition coefficient (Wildman–Crippen LogP) is 1.36.